The average Bonchev–Trinajstić information content (AvgIpc) is 3.08. The van der Waals surface area contributed by atoms with Gasteiger partial charge in [0.25, 0.3) is 11.8 Å². The average molecular weight is 687 g/mol. The number of unbranched alkanes of at least 4 members (excludes halogenated alkanes) is 1. The van der Waals surface area contributed by atoms with Crippen molar-refractivity contribution < 1.29 is 32.6 Å². The number of morpholine rings is 1. The number of carbonyl (C=O) groups is 3. The quantitative estimate of drug-likeness (QED) is 0.275. The van der Waals surface area contributed by atoms with Crippen molar-refractivity contribution in [1.82, 2.24) is 19.7 Å². The van der Waals surface area contributed by atoms with Crippen LogP contribution in [0.15, 0.2) is 54.7 Å². The highest BCUT2D eigenvalue weighted by molar-refractivity contribution is 5.96. The number of hydrogen-bond donors (Lipinski definition) is 2. The summed E-state index contributed by atoms with van der Waals surface area (Å²) in [6.45, 7) is 6.94. The number of pyridine rings is 1. The van der Waals surface area contributed by atoms with Crippen molar-refractivity contribution in [3.05, 3.63) is 83.1 Å². The number of urea groups is 1. The standard InChI is InChI=1S/C34H40F2N6O5.ClH/c1-2-3-12-42(34(45)39-30-19-27(32(37)43)28(35)20-29(30)36)25-10-13-40(14-11-25)22-23-4-9-31(38-21-23)47-26-7-5-24(6-8-26)33(44)41-15-17-46-18-16-41;/h4-9,19-21,25H,2-3,10-18,22H2,1H3,(H2,37,43)(H,39,45);1H. The highest BCUT2D eigenvalue weighted by atomic mass is 35.5. The van der Waals surface area contributed by atoms with Crippen molar-refractivity contribution in [3.8, 4) is 11.6 Å². The van der Waals surface area contributed by atoms with E-state index in [4.69, 9.17) is 15.2 Å². The lowest BCUT2D eigenvalue weighted by molar-refractivity contribution is 0.0303. The van der Waals surface area contributed by atoms with Gasteiger partial charge in [-0.05, 0) is 55.2 Å². The molecule has 3 heterocycles. The van der Waals surface area contributed by atoms with Gasteiger partial charge in [0.2, 0.25) is 5.88 Å². The number of amides is 4. The van der Waals surface area contributed by atoms with Crippen LogP contribution in [0.4, 0.5) is 19.3 Å². The zero-order valence-corrected chi connectivity index (χ0v) is 27.6. The number of rotatable bonds is 11. The van der Waals surface area contributed by atoms with Crippen molar-refractivity contribution in [2.75, 3.05) is 51.3 Å². The number of likely N-dealkylation sites (tertiary alicyclic amines) is 1. The smallest absolute Gasteiger partial charge is 0.322 e. The van der Waals surface area contributed by atoms with Crippen LogP contribution in [0.5, 0.6) is 11.6 Å². The van der Waals surface area contributed by atoms with Gasteiger partial charge in [0.1, 0.15) is 17.4 Å². The first-order valence-electron chi connectivity index (χ1n) is 15.9. The van der Waals surface area contributed by atoms with Gasteiger partial charge in [-0.2, -0.15) is 0 Å². The van der Waals surface area contributed by atoms with E-state index < -0.39 is 29.1 Å². The predicted octanol–water partition coefficient (Wildman–Crippen LogP) is 5.44. The number of benzene rings is 2. The highest BCUT2D eigenvalue weighted by Crippen LogP contribution is 2.25. The number of ether oxygens (including phenoxy) is 2. The van der Waals surface area contributed by atoms with Gasteiger partial charge in [0, 0.05) is 69.2 Å². The molecule has 2 aliphatic rings. The Hall–Kier alpha value is -4.33. The van der Waals surface area contributed by atoms with Crippen LogP contribution in [-0.2, 0) is 11.3 Å². The molecular weight excluding hydrogens is 646 g/mol. The Balaban J connectivity index is 0.00000520. The van der Waals surface area contributed by atoms with E-state index in [-0.39, 0.29) is 30.0 Å². The second-order valence-electron chi connectivity index (χ2n) is 11.7. The molecule has 0 spiro atoms. The Bertz CT molecular complexity index is 1550. The van der Waals surface area contributed by atoms with Gasteiger partial charge in [0.05, 0.1) is 24.5 Å². The van der Waals surface area contributed by atoms with E-state index in [1.807, 2.05) is 19.1 Å². The van der Waals surface area contributed by atoms with Gasteiger partial charge < -0.3 is 30.3 Å². The number of primary amides is 1. The van der Waals surface area contributed by atoms with Gasteiger partial charge in [0.15, 0.2) is 0 Å². The molecule has 3 N–H and O–H groups in total. The summed E-state index contributed by atoms with van der Waals surface area (Å²) in [5.74, 6) is -2.11. The first-order chi connectivity index (χ1) is 22.7. The van der Waals surface area contributed by atoms with Crippen molar-refractivity contribution >= 4 is 35.9 Å². The van der Waals surface area contributed by atoms with Crippen LogP contribution in [-0.4, -0.2) is 89.5 Å². The number of halogens is 3. The number of piperidine rings is 1. The third-order valence-electron chi connectivity index (χ3n) is 8.40. The molecule has 2 fully saturated rings. The van der Waals surface area contributed by atoms with Crippen molar-refractivity contribution in [3.63, 3.8) is 0 Å². The summed E-state index contributed by atoms with van der Waals surface area (Å²) in [5, 5.41) is 2.52. The molecule has 2 aliphatic heterocycles. The third kappa shape index (κ3) is 9.39. The van der Waals surface area contributed by atoms with Gasteiger partial charge in [-0.15, -0.1) is 12.4 Å². The van der Waals surface area contributed by atoms with Crippen LogP contribution in [0.25, 0.3) is 0 Å². The monoisotopic (exact) mass is 686 g/mol. The van der Waals surface area contributed by atoms with E-state index in [0.717, 1.165) is 37.6 Å². The molecule has 3 aromatic rings. The summed E-state index contributed by atoms with van der Waals surface area (Å²) >= 11 is 0. The third-order valence-corrected chi connectivity index (χ3v) is 8.40. The van der Waals surface area contributed by atoms with Crippen LogP contribution >= 0.6 is 12.4 Å². The molecule has 48 heavy (non-hydrogen) atoms. The van der Waals surface area contributed by atoms with Gasteiger partial charge >= 0.3 is 6.03 Å². The molecule has 2 aromatic carbocycles. The Labute approximate surface area is 284 Å². The molecule has 258 valence electrons. The Morgan fingerprint density at radius 3 is 2.35 bits per heavy atom. The highest BCUT2D eigenvalue weighted by Gasteiger charge is 2.29. The number of nitrogens with one attached hydrogen (secondary N) is 1. The fourth-order valence-corrected chi connectivity index (χ4v) is 5.75. The van der Waals surface area contributed by atoms with Crippen LogP contribution < -0.4 is 15.8 Å². The van der Waals surface area contributed by atoms with E-state index in [1.165, 1.54) is 0 Å². The van der Waals surface area contributed by atoms with Gasteiger partial charge in [-0.1, -0.05) is 19.4 Å². The second-order valence-corrected chi connectivity index (χ2v) is 11.7. The SMILES string of the molecule is CCCCN(C(=O)Nc1cc(C(N)=O)c(F)cc1F)C1CCN(Cc2ccc(Oc3ccc(C(=O)N4CCOCC4)cc3)nc2)CC1.Cl. The maximum Gasteiger partial charge on any atom is 0.322 e. The van der Waals surface area contributed by atoms with E-state index in [0.29, 0.717) is 75.5 Å². The molecule has 0 saturated carbocycles. The molecular formula is C34H41ClF2N6O5. The Kier molecular flexibility index (Phi) is 13.1. The maximum absolute atomic E-state index is 14.4. The number of carbonyl (C=O) groups excluding carboxylic acids is 3. The Morgan fingerprint density at radius 2 is 1.73 bits per heavy atom. The van der Waals surface area contributed by atoms with E-state index in [2.05, 4.69) is 15.2 Å². The van der Waals surface area contributed by atoms with Crippen LogP contribution in [0.1, 0.15) is 58.9 Å². The number of hydrogen-bond acceptors (Lipinski definition) is 7. The fraction of sp³-hybridized carbons (Fsp3) is 0.412. The minimum atomic E-state index is -1.08. The summed E-state index contributed by atoms with van der Waals surface area (Å²) in [5.41, 5.74) is 6.02. The molecule has 2 saturated heterocycles. The summed E-state index contributed by atoms with van der Waals surface area (Å²) < 4.78 is 39.6. The topological polar surface area (TPSA) is 130 Å². The molecule has 5 rings (SSSR count). The number of anilines is 1. The van der Waals surface area contributed by atoms with Crippen LogP contribution in [0.3, 0.4) is 0 Å². The van der Waals surface area contributed by atoms with Crippen molar-refractivity contribution in [2.24, 2.45) is 5.73 Å². The first kappa shape index (κ1) is 36.5. The molecule has 14 heteroatoms. The van der Waals surface area contributed by atoms with E-state index in [9.17, 15) is 23.2 Å². The predicted molar refractivity (Wildman–Crippen MR) is 179 cm³/mol. The minimum Gasteiger partial charge on any atom is -0.439 e. The van der Waals surface area contributed by atoms with Crippen LogP contribution in [0.2, 0.25) is 0 Å². The molecule has 4 amide bonds. The molecule has 0 radical (unpaired) electrons. The van der Waals surface area contributed by atoms with Gasteiger partial charge in [-0.3, -0.25) is 14.5 Å². The van der Waals surface area contributed by atoms with E-state index >= 15 is 0 Å². The summed E-state index contributed by atoms with van der Waals surface area (Å²) in [6, 6.07) is 11.7. The second kappa shape index (κ2) is 17.2. The molecule has 1 aromatic heterocycles. The van der Waals surface area contributed by atoms with E-state index in [1.54, 1.807) is 40.3 Å². The molecule has 0 aliphatic carbocycles. The lowest BCUT2D eigenvalue weighted by Gasteiger charge is -2.38. The minimum absolute atomic E-state index is 0. The maximum atomic E-state index is 14.4. The summed E-state index contributed by atoms with van der Waals surface area (Å²) in [4.78, 5) is 47.7. The van der Waals surface area contributed by atoms with Gasteiger partial charge in [-0.25, -0.2) is 18.6 Å². The molecule has 11 nitrogen and oxygen atoms in total. The number of nitrogens with zero attached hydrogens (tertiary/aromatic N) is 4. The Morgan fingerprint density at radius 1 is 1.02 bits per heavy atom. The summed E-state index contributed by atoms with van der Waals surface area (Å²) in [7, 11) is 0. The lowest BCUT2D eigenvalue weighted by Crippen LogP contribution is -2.49. The summed E-state index contributed by atoms with van der Waals surface area (Å²) in [6.07, 6.45) is 4.84. The first-order valence-corrected chi connectivity index (χ1v) is 15.9. The van der Waals surface area contributed by atoms with Crippen molar-refractivity contribution in [2.45, 2.75) is 45.2 Å². The zero-order valence-electron chi connectivity index (χ0n) is 26.8. The fourth-order valence-electron chi connectivity index (χ4n) is 5.75. The zero-order chi connectivity index (χ0) is 33.3. The molecule has 0 bridgehead atoms. The van der Waals surface area contributed by atoms with Crippen molar-refractivity contribution in [1.29, 1.82) is 0 Å². The lowest BCUT2D eigenvalue weighted by atomic mass is 10.0. The molecule has 0 atom stereocenters. The molecule has 0 unspecified atom stereocenters. The number of nitrogens with two attached hydrogens (primary N) is 1. The largest absolute Gasteiger partial charge is 0.439 e. The normalized spacial score (nSPS) is 15.4. The number of aromatic nitrogens is 1. The van der Waals surface area contributed by atoms with Crippen LogP contribution in [0, 0.1) is 11.6 Å².